The van der Waals surface area contributed by atoms with Crippen LogP contribution in [0.5, 0.6) is 5.75 Å². The molecule has 0 fully saturated rings. The molecule has 0 spiro atoms. The van der Waals surface area contributed by atoms with Crippen LogP contribution in [0, 0.1) is 5.82 Å². The van der Waals surface area contributed by atoms with E-state index in [-0.39, 0.29) is 33.9 Å². The summed E-state index contributed by atoms with van der Waals surface area (Å²) in [6.07, 6.45) is 0. The van der Waals surface area contributed by atoms with Gasteiger partial charge in [-0.3, -0.25) is 9.59 Å². The van der Waals surface area contributed by atoms with Crippen LogP contribution < -0.4 is 5.56 Å². The fraction of sp³-hybridized carbons (Fsp3) is 0.350. The maximum Gasteiger partial charge on any atom is 0.280 e. The highest BCUT2D eigenvalue weighted by Crippen LogP contribution is 2.36. The average Bonchev–Trinajstić information content (AvgIpc) is 2.96. The van der Waals surface area contributed by atoms with E-state index in [2.05, 4.69) is 5.10 Å². The molecule has 158 valence electrons. The van der Waals surface area contributed by atoms with Gasteiger partial charge in [-0.1, -0.05) is 17.7 Å². The van der Waals surface area contributed by atoms with Gasteiger partial charge in [0.1, 0.15) is 22.5 Å². The van der Waals surface area contributed by atoms with Crippen LogP contribution >= 0.6 is 11.6 Å². The predicted octanol–water partition coefficient (Wildman–Crippen LogP) is 2.06. The summed E-state index contributed by atoms with van der Waals surface area (Å²) in [5, 5.41) is 25.7. The number of hydrogen-bond donors (Lipinski definition) is 2. The van der Waals surface area contributed by atoms with Gasteiger partial charge in [0.05, 0.1) is 17.1 Å². The van der Waals surface area contributed by atoms with E-state index in [1.165, 1.54) is 41.5 Å². The Bertz CT molecular complexity index is 1260. The number of nitrogens with zero attached hydrogens (tertiary/aromatic N) is 4. The van der Waals surface area contributed by atoms with E-state index < -0.39 is 28.6 Å². The van der Waals surface area contributed by atoms with E-state index in [0.29, 0.717) is 18.7 Å². The number of aromatic nitrogens is 3. The van der Waals surface area contributed by atoms with Crippen molar-refractivity contribution in [3.8, 4) is 5.75 Å². The van der Waals surface area contributed by atoms with E-state index in [4.69, 9.17) is 11.6 Å². The summed E-state index contributed by atoms with van der Waals surface area (Å²) >= 11 is 5.83. The average molecular weight is 435 g/mol. The van der Waals surface area contributed by atoms with Gasteiger partial charge >= 0.3 is 0 Å². The van der Waals surface area contributed by atoms with E-state index in [1.54, 1.807) is 7.05 Å². The van der Waals surface area contributed by atoms with Crippen molar-refractivity contribution in [2.45, 2.75) is 32.5 Å². The summed E-state index contributed by atoms with van der Waals surface area (Å²) in [5.41, 5.74) is -1.23. The zero-order chi connectivity index (χ0) is 22.0. The summed E-state index contributed by atoms with van der Waals surface area (Å²) in [5.74, 6) is -1.45. The first-order valence-corrected chi connectivity index (χ1v) is 9.67. The number of aromatic hydroxyl groups is 1. The lowest BCUT2D eigenvalue weighted by molar-refractivity contribution is 0.0711. The standard InChI is InChI=1S/C20H20ClFN4O4/c1-20(2,30)17-14-13(16(27)15-19(29)24(3)6-7-25(14)15)18(28)26(23-17)9-10-4-5-12(22)11(21)8-10/h4-5,8,27,30H,6-7,9H2,1-3H3. The number of hydrogen-bond acceptors (Lipinski definition) is 5. The van der Waals surface area contributed by atoms with Crippen molar-refractivity contribution in [1.82, 2.24) is 19.2 Å². The van der Waals surface area contributed by atoms with Crippen molar-refractivity contribution >= 4 is 28.4 Å². The maximum atomic E-state index is 13.5. The molecule has 1 aliphatic heterocycles. The second-order valence-electron chi connectivity index (χ2n) is 7.92. The lowest BCUT2D eigenvalue weighted by Crippen LogP contribution is -2.37. The summed E-state index contributed by atoms with van der Waals surface area (Å²) in [4.78, 5) is 27.3. The minimum Gasteiger partial charge on any atom is -0.505 e. The lowest BCUT2D eigenvalue weighted by Gasteiger charge is -2.26. The number of rotatable bonds is 3. The van der Waals surface area contributed by atoms with Crippen LogP contribution in [0.2, 0.25) is 5.02 Å². The van der Waals surface area contributed by atoms with Crippen LogP contribution in [0.3, 0.4) is 0 Å². The zero-order valence-corrected chi connectivity index (χ0v) is 17.4. The minimum absolute atomic E-state index is 0.00859. The van der Waals surface area contributed by atoms with Crippen molar-refractivity contribution in [2.75, 3.05) is 13.6 Å². The van der Waals surface area contributed by atoms with Gasteiger partial charge in [0.15, 0.2) is 11.4 Å². The third kappa shape index (κ3) is 3.05. The molecule has 0 saturated carbocycles. The molecular formula is C20H20ClFN4O4. The summed E-state index contributed by atoms with van der Waals surface area (Å²) < 4.78 is 16.1. The number of likely N-dealkylation sites (N-methyl/N-ethyl adjacent to an activating group) is 1. The summed E-state index contributed by atoms with van der Waals surface area (Å²) in [7, 11) is 1.61. The van der Waals surface area contributed by atoms with Gasteiger partial charge in [0.25, 0.3) is 11.5 Å². The molecule has 0 radical (unpaired) electrons. The maximum absolute atomic E-state index is 13.5. The Hall–Kier alpha value is -2.91. The molecular weight excluding hydrogens is 415 g/mol. The second kappa shape index (κ2) is 6.82. The molecule has 3 aromatic rings. The number of benzene rings is 1. The predicted molar refractivity (Wildman–Crippen MR) is 108 cm³/mol. The number of fused-ring (bicyclic) bond motifs is 3. The Balaban J connectivity index is 2.01. The molecule has 2 aromatic heterocycles. The van der Waals surface area contributed by atoms with Crippen LogP contribution in [-0.4, -0.2) is 49.0 Å². The normalized spacial score (nSPS) is 14.5. The highest BCUT2D eigenvalue weighted by molar-refractivity contribution is 6.30. The van der Waals surface area contributed by atoms with E-state index >= 15 is 0 Å². The third-order valence-corrected chi connectivity index (χ3v) is 5.52. The summed E-state index contributed by atoms with van der Waals surface area (Å²) in [6, 6.07) is 4.02. The zero-order valence-electron chi connectivity index (χ0n) is 16.6. The molecule has 4 rings (SSSR count). The molecule has 8 nitrogen and oxygen atoms in total. The molecule has 30 heavy (non-hydrogen) atoms. The first-order chi connectivity index (χ1) is 14.0. The van der Waals surface area contributed by atoms with Gasteiger partial charge in [0, 0.05) is 20.1 Å². The molecule has 1 aliphatic rings. The van der Waals surface area contributed by atoms with Crippen LogP contribution in [-0.2, 0) is 18.7 Å². The Labute approximate surface area is 175 Å². The van der Waals surface area contributed by atoms with Gasteiger partial charge in [-0.15, -0.1) is 0 Å². The van der Waals surface area contributed by atoms with E-state index in [9.17, 15) is 24.2 Å². The van der Waals surface area contributed by atoms with Crippen LogP contribution in [0.4, 0.5) is 4.39 Å². The SMILES string of the molecule is CN1CCn2c(c(O)c3c(=O)n(Cc4ccc(F)c(Cl)c4)nc(C(C)(C)O)c32)C1=O. The van der Waals surface area contributed by atoms with Gasteiger partial charge < -0.3 is 19.7 Å². The second-order valence-corrected chi connectivity index (χ2v) is 8.33. The Morgan fingerprint density at radius 1 is 1.27 bits per heavy atom. The Morgan fingerprint density at radius 3 is 2.60 bits per heavy atom. The largest absolute Gasteiger partial charge is 0.505 e. The Kier molecular flexibility index (Phi) is 4.63. The number of carbonyl (C=O) groups excluding carboxylic acids is 1. The monoisotopic (exact) mass is 434 g/mol. The molecule has 1 amide bonds. The van der Waals surface area contributed by atoms with Crippen LogP contribution in [0.25, 0.3) is 10.9 Å². The quantitative estimate of drug-likeness (QED) is 0.657. The highest BCUT2D eigenvalue weighted by atomic mass is 35.5. The van der Waals surface area contributed by atoms with Crippen molar-refractivity contribution in [3.63, 3.8) is 0 Å². The molecule has 0 atom stereocenters. The van der Waals surface area contributed by atoms with E-state index in [0.717, 1.165) is 4.68 Å². The lowest BCUT2D eigenvalue weighted by atomic mass is 10.0. The smallest absolute Gasteiger partial charge is 0.280 e. The van der Waals surface area contributed by atoms with Crippen LogP contribution in [0.1, 0.15) is 35.6 Å². The summed E-state index contributed by atoms with van der Waals surface area (Å²) in [6.45, 7) is 3.68. The molecule has 0 aliphatic carbocycles. The third-order valence-electron chi connectivity index (χ3n) is 5.24. The fourth-order valence-electron chi connectivity index (χ4n) is 3.70. The molecule has 10 heteroatoms. The first kappa shape index (κ1) is 20.4. The molecule has 0 saturated heterocycles. The minimum atomic E-state index is -1.47. The van der Waals surface area contributed by atoms with Crippen molar-refractivity contribution < 1.29 is 19.4 Å². The highest BCUT2D eigenvalue weighted by Gasteiger charge is 2.35. The molecule has 2 N–H and O–H groups in total. The van der Waals surface area contributed by atoms with Crippen molar-refractivity contribution in [1.29, 1.82) is 0 Å². The topological polar surface area (TPSA) is 101 Å². The van der Waals surface area contributed by atoms with Gasteiger partial charge in [-0.2, -0.15) is 5.10 Å². The number of aliphatic hydroxyl groups is 1. The fourth-order valence-corrected chi connectivity index (χ4v) is 3.90. The van der Waals surface area contributed by atoms with Crippen LogP contribution in [0.15, 0.2) is 23.0 Å². The van der Waals surface area contributed by atoms with Gasteiger partial charge in [-0.25, -0.2) is 9.07 Å². The van der Waals surface area contributed by atoms with Crippen molar-refractivity contribution in [2.24, 2.45) is 0 Å². The van der Waals surface area contributed by atoms with Crippen molar-refractivity contribution in [3.05, 3.63) is 56.3 Å². The number of amides is 1. The van der Waals surface area contributed by atoms with E-state index in [1.807, 2.05) is 0 Å². The molecule has 0 unspecified atom stereocenters. The first-order valence-electron chi connectivity index (χ1n) is 9.29. The van der Waals surface area contributed by atoms with Gasteiger partial charge in [0.2, 0.25) is 0 Å². The van der Waals surface area contributed by atoms with Gasteiger partial charge in [-0.05, 0) is 31.5 Å². The molecule has 1 aromatic carbocycles. The number of carbonyl (C=O) groups is 1. The molecule has 3 heterocycles. The Morgan fingerprint density at radius 2 is 1.97 bits per heavy atom. The molecule has 0 bridgehead atoms. The number of halogens is 2.